The van der Waals surface area contributed by atoms with Crippen LogP contribution in [-0.4, -0.2) is 18.8 Å². The van der Waals surface area contributed by atoms with Crippen molar-refractivity contribution in [3.63, 3.8) is 0 Å². The lowest BCUT2D eigenvalue weighted by Crippen LogP contribution is -2.16. The Hall–Kier alpha value is -2.04. The highest BCUT2D eigenvalue weighted by Gasteiger charge is 2.12. The van der Waals surface area contributed by atoms with Crippen molar-refractivity contribution in [3.8, 4) is 11.5 Å². The Morgan fingerprint density at radius 2 is 1.90 bits per heavy atom. The third-order valence-corrected chi connectivity index (χ3v) is 3.05. The molecule has 20 heavy (non-hydrogen) atoms. The topological polar surface area (TPSA) is 64.7 Å². The Morgan fingerprint density at radius 3 is 2.55 bits per heavy atom. The van der Waals surface area contributed by atoms with Crippen LogP contribution in [0.2, 0.25) is 0 Å². The summed E-state index contributed by atoms with van der Waals surface area (Å²) in [6.07, 6.45) is 0. The smallest absolute Gasteiger partial charge is 0.128 e. The van der Waals surface area contributed by atoms with E-state index < -0.39 is 6.04 Å². The van der Waals surface area contributed by atoms with Crippen molar-refractivity contribution < 1.29 is 14.6 Å². The molecule has 0 aliphatic heterocycles. The Bertz CT molecular complexity index is 543. The second-order valence-electron chi connectivity index (χ2n) is 4.47. The summed E-state index contributed by atoms with van der Waals surface area (Å²) in [5.74, 6) is 1.33. The molecule has 0 fully saturated rings. The van der Waals surface area contributed by atoms with Crippen molar-refractivity contribution in [2.24, 2.45) is 5.73 Å². The molecule has 106 valence electrons. The average Bonchev–Trinajstić information content (AvgIpc) is 2.52. The lowest BCUT2D eigenvalue weighted by atomic mass is 10.1. The SMILES string of the molecule is COc1ccc([C@H](N)CO)c(OCc2ccccc2)c1. The van der Waals surface area contributed by atoms with E-state index in [1.807, 2.05) is 36.4 Å². The van der Waals surface area contributed by atoms with Crippen LogP contribution in [0.4, 0.5) is 0 Å². The maximum absolute atomic E-state index is 9.21. The number of nitrogens with two attached hydrogens (primary N) is 1. The Labute approximate surface area is 118 Å². The number of aliphatic hydroxyl groups is 1. The van der Waals surface area contributed by atoms with E-state index >= 15 is 0 Å². The molecule has 0 aromatic heterocycles. The van der Waals surface area contributed by atoms with Crippen LogP contribution < -0.4 is 15.2 Å². The van der Waals surface area contributed by atoms with E-state index in [4.69, 9.17) is 15.2 Å². The molecule has 4 heteroatoms. The van der Waals surface area contributed by atoms with Gasteiger partial charge in [0.05, 0.1) is 19.8 Å². The van der Waals surface area contributed by atoms with Gasteiger partial charge in [0, 0.05) is 11.6 Å². The number of hydrogen-bond acceptors (Lipinski definition) is 4. The molecule has 3 N–H and O–H groups in total. The van der Waals surface area contributed by atoms with Crippen molar-refractivity contribution >= 4 is 0 Å². The van der Waals surface area contributed by atoms with Crippen LogP contribution in [-0.2, 0) is 6.61 Å². The van der Waals surface area contributed by atoms with Crippen LogP contribution in [0.3, 0.4) is 0 Å². The summed E-state index contributed by atoms with van der Waals surface area (Å²) in [6, 6.07) is 14.8. The zero-order valence-electron chi connectivity index (χ0n) is 11.5. The lowest BCUT2D eigenvalue weighted by molar-refractivity contribution is 0.257. The maximum Gasteiger partial charge on any atom is 0.128 e. The van der Waals surface area contributed by atoms with Crippen molar-refractivity contribution in [3.05, 3.63) is 59.7 Å². The molecular weight excluding hydrogens is 254 g/mol. The van der Waals surface area contributed by atoms with E-state index in [2.05, 4.69) is 0 Å². The minimum atomic E-state index is -0.466. The number of methoxy groups -OCH3 is 1. The number of aliphatic hydroxyl groups excluding tert-OH is 1. The number of hydrogen-bond donors (Lipinski definition) is 2. The maximum atomic E-state index is 9.21. The predicted octanol–water partition coefficient (Wildman–Crippen LogP) is 2.27. The van der Waals surface area contributed by atoms with E-state index in [-0.39, 0.29) is 6.61 Å². The highest BCUT2D eigenvalue weighted by atomic mass is 16.5. The molecule has 0 aliphatic rings. The molecule has 0 heterocycles. The summed E-state index contributed by atoms with van der Waals surface area (Å²) in [7, 11) is 1.60. The number of rotatable bonds is 6. The first-order chi connectivity index (χ1) is 9.74. The van der Waals surface area contributed by atoms with Gasteiger partial charge in [-0.2, -0.15) is 0 Å². The molecule has 4 nitrogen and oxygen atoms in total. The monoisotopic (exact) mass is 273 g/mol. The van der Waals surface area contributed by atoms with Crippen LogP contribution in [0.25, 0.3) is 0 Å². The van der Waals surface area contributed by atoms with E-state index in [9.17, 15) is 5.11 Å². The van der Waals surface area contributed by atoms with Gasteiger partial charge in [-0.3, -0.25) is 0 Å². The molecule has 2 aromatic rings. The van der Waals surface area contributed by atoms with Crippen molar-refractivity contribution in [2.45, 2.75) is 12.6 Å². The third kappa shape index (κ3) is 3.50. The molecule has 0 bridgehead atoms. The van der Waals surface area contributed by atoms with Gasteiger partial charge in [0.15, 0.2) is 0 Å². The predicted molar refractivity (Wildman–Crippen MR) is 77.8 cm³/mol. The summed E-state index contributed by atoms with van der Waals surface area (Å²) >= 11 is 0. The van der Waals surface area contributed by atoms with Gasteiger partial charge in [0.1, 0.15) is 18.1 Å². The zero-order chi connectivity index (χ0) is 14.4. The summed E-state index contributed by atoms with van der Waals surface area (Å²) in [5, 5.41) is 9.21. The third-order valence-electron chi connectivity index (χ3n) is 3.05. The standard InChI is InChI=1S/C16H19NO3/c1-19-13-7-8-14(15(17)10-18)16(9-13)20-11-12-5-3-2-4-6-12/h2-9,15,18H,10-11,17H2,1H3/t15-/m1/s1. The first kappa shape index (κ1) is 14.4. The Morgan fingerprint density at radius 1 is 1.15 bits per heavy atom. The van der Waals surface area contributed by atoms with Gasteiger partial charge in [-0.25, -0.2) is 0 Å². The van der Waals surface area contributed by atoms with Gasteiger partial charge in [0.2, 0.25) is 0 Å². The van der Waals surface area contributed by atoms with Crippen LogP contribution >= 0.6 is 0 Å². The molecule has 2 rings (SSSR count). The molecule has 0 radical (unpaired) electrons. The minimum absolute atomic E-state index is 0.131. The van der Waals surface area contributed by atoms with Crippen LogP contribution in [0.15, 0.2) is 48.5 Å². The molecule has 0 amide bonds. The summed E-state index contributed by atoms with van der Waals surface area (Å²) in [4.78, 5) is 0. The normalized spacial score (nSPS) is 11.9. The second kappa shape index (κ2) is 6.93. The highest BCUT2D eigenvalue weighted by molar-refractivity contribution is 5.42. The van der Waals surface area contributed by atoms with Gasteiger partial charge in [-0.15, -0.1) is 0 Å². The van der Waals surface area contributed by atoms with Crippen molar-refractivity contribution in [2.75, 3.05) is 13.7 Å². The first-order valence-electron chi connectivity index (χ1n) is 6.45. The molecule has 0 aliphatic carbocycles. The van der Waals surface area contributed by atoms with Crippen molar-refractivity contribution in [1.82, 2.24) is 0 Å². The molecule has 0 saturated carbocycles. The molecule has 0 saturated heterocycles. The molecule has 0 unspecified atom stereocenters. The van der Waals surface area contributed by atoms with Gasteiger partial charge in [-0.1, -0.05) is 30.3 Å². The van der Waals surface area contributed by atoms with Gasteiger partial charge in [-0.05, 0) is 17.7 Å². The molecular formula is C16H19NO3. The zero-order valence-corrected chi connectivity index (χ0v) is 11.5. The Balaban J connectivity index is 2.19. The van der Waals surface area contributed by atoms with E-state index in [1.54, 1.807) is 19.2 Å². The Kier molecular flexibility index (Phi) is 4.98. The first-order valence-corrected chi connectivity index (χ1v) is 6.45. The fourth-order valence-corrected chi connectivity index (χ4v) is 1.91. The van der Waals surface area contributed by atoms with Gasteiger partial charge >= 0.3 is 0 Å². The lowest BCUT2D eigenvalue weighted by Gasteiger charge is -2.16. The summed E-state index contributed by atoms with van der Waals surface area (Å²) in [5.41, 5.74) is 7.72. The van der Waals surface area contributed by atoms with Crippen LogP contribution in [0.5, 0.6) is 11.5 Å². The van der Waals surface area contributed by atoms with Crippen LogP contribution in [0, 0.1) is 0 Å². The summed E-state index contributed by atoms with van der Waals surface area (Å²) in [6.45, 7) is 0.313. The largest absolute Gasteiger partial charge is 0.497 e. The number of ether oxygens (including phenoxy) is 2. The highest BCUT2D eigenvalue weighted by Crippen LogP contribution is 2.29. The quantitative estimate of drug-likeness (QED) is 0.847. The van der Waals surface area contributed by atoms with E-state index in [1.165, 1.54) is 0 Å². The number of benzene rings is 2. The van der Waals surface area contributed by atoms with Crippen LogP contribution in [0.1, 0.15) is 17.2 Å². The fraction of sp³-hybridized carbons (Fsp3) is 0.250. The average molecular weight is 273 g/mol. The second-order valence-corrected chi connectivity index (χ2v) is 4.47. The van der Waals surface area contributed by atoms with Gasteiger partial charge < -0.3 is 20.3 Å². The van der Waals surface area contributed by atoms with E-state index in [0.717, 1.165) is 11.1 Å². The molecule has 1 atom stereocenters. The summed E-state index contributed by atoms with van der Waals surface area (Å²) < 4.78 is 11.0. The van der Waals surface area contributed by atoms with Crippen molar-refractivity contribution in [1.29, 1.82) is 0 Å². The molecule has 2 aromatic carbocycles. The molecule has 0 spiro atoms. The minimum Gasteiger partial charge on any atom is -0.497 e. The fourth-order valence-electron chi connectivity index (χ4n) is 1.91. The van der Waals surface area contributed by atoms with Gasteiger partial charge in [0.25, 0.3) is 0 Å². The van der Waals surface area contributed by atoms with E-state index in [0.29, 0.717) is 18.1 Å².